The molecule has 0 N–H and O–H groups in total. The van der Waals surface area contributed by atoms with Gasteiger partial charge in [0.25, 0.3) is 0 Å². The number of carbonyl (C=O) groups excluding carboxylic acids is 3. The van der Waals surface area contributed by atoms with E-state index in [-0.39, 0.29) is 41.4 Å². The molecule has 0 aromatic heterocycles. The third kappa shape index (κ3) is 1.23. The molecule has 1 aliphatic heterocycles. The van der Waals surface area contributed by atoms with Crippen molar-refractivity contribution in [2.24, 2.45) is 28.6 Å². The third-order valence-corrected chi connectivity index (χ3v) is 5.90. The predicted octanol–water partition coefficient (Wildman–Crippen LogP) is 0.954. The second kappa shape index (κ2) is 3.58. The fraction of sp³-hybridized carbons (Fsp3) is 0.786. The van der Waals surface area contributed by atoms with Gasteiger partial charge >= 0.3 is 11.9 Å². The highest BCUT2D eigenvalue weighted by atomic mass is 16.5. The van der Waals surface area contributed by atoms with E-state index in [1.54, 1.807) is 0 Å². The third-order valence-electron chi connectivity index (χ3n) is 5.90. The van der Waals surface area contributed by atoms with Crippen LogP contribution in [0.25, 0.3) is 0 Å². The highest BCUT2D eigenvalue weighted by Gasteiger charge is 2.76. The average molecular weight is 266 g/mol. The van der Waals surface area contributed by atoms with E-state index in [1.165, 1.54) is 7.11 Å². The summed E-state index contributed by atoms with van der Waals surface area (Å²) in [6.07, 6.45) is 0.672. The van der Waals surface area contributed by atoms with Crippen molar-refractivity contribution in [3.63, 3.8) is 0 Å². The van der Waals surface area contributed by atoms with Crippen LogP contribution in [0.1, 0.15) is 26.7 Å². The fourth-order valence-electron chi connectivity index (χ4n) is 4.67. The van der Waals surface area contributed by atoms with E-state index < -0.39 is 11.3 Å². The highest BCUT2D eigenvalue weighted by Crippen LogP contribution is 2.71. The SMILES string of the molecule is COC(=O)CC1C2CC(=O)C1C1(C)C(=O)OCC21C. The van der Waals surface area contributed by atoms with Crippen molar-refractivity contribution in [3.05, 3.63) is 0 Å². The number of ketones is 1. The largest absolute Gasteiger partial charge is 0.469 e. The summed E-state index contributed by atoms with van der Waals surface area (Å²) >= 11 is 0. The zero-order valence-electron chi connectivity index (χ0n) is 11.4. The molecule has 0 aromatic carbocycles. The molecule has 104 valence electrons. The van der Waals surface area contributed by atoms with Gasteiger partial charge in [-0.25, -0.2) is 0 Å². The van der Waals surface area contributed by atoms with Crippen LogP contribution < -0.4 is 0 Å². The van der Waals surface area contributed by atoms with E-state index >= 15 is 0 Å². The summed E-state index contributed by atoms with van der Waals surface area (Å²) < 4.78 is 9.95. The first-order valence-corrected chi connectivity index (χ1v) is 6.63. The Morgan fingerprint density at radius 2 is 2.11 bits per heavy atom. The van der Waals surface area contributed by atoms with Crippen molar-refractivity contribution in [1.29, 1.82) is 0 Å². The van der Waals surface area contributed by atoms with Crippen LogP contribution in [-0.2, 0) is 23.9 Å². The first-order chi connectivity index (χ1) is 8.86. The van der Waals surface area contributed by atoms with Crippen LogP contribution in [0.15, 0.2) is 0 Å². The summed E-state index contributed by atoms with van der Waals surface area (Å²) in [7, 11) is 1.35. The van der Waals surface area contributed by atoms with Crippen LogP contribution >= 0.6 is 0 Å². The van der Waals surface area contributed by atoms with Crippen molar-refractivity contribution in [1.82, 2.24) is 0 Å². The van der Waals surface area contributed by atoms with Crippen LogP contribution in [0.3, 0.4) is 0 Å². The minimum atomic E-state index is -0.772. The lowest BCUT2D eigenvalue weighted by atomic mass is 9.59. The molecule has 0 radical (unpaired) electrons. The van der Waals surface area contributed by atoms with Gasteiger partial charge < -0.3 is 9.47 Å². The lowest BCUT2D eigenvalue weighted by Crippen LogP contribution is -2.46. The molecule has 0 aromatic rings. The number of fused-ring (bicyclic) bond motifs is 5. The normalized spacial score (nSPS) is 47.2. The van der Waals surface area contributed by atoms with E-state index in [0.29, 0.717) is 13.0 Å². The van der Waals surface area contributed by atoms with Crippen LogP contribution in [-0.4, -0.2) is 31.4 Å². The molecule has 3 rings (SSSR count). The zero-order valence-corrected chi connectivity index (χ0v) is 11.4. The Morgan fingerprint density at radius 1 is 1.42 bits per heavy atom. The zero-order chi connectivity index (χ0) is 14.0. The Hall–Kier alpha value is -1.39. The van der Waals surface area contributed by atoms with Gasteiger partial charge in [0.05, 0.1) is 19.1 Å². The molecular formula is C14H18O5. The molecule has 2 bridgehead atoms. The standard InChI is InChI=1S/C14H18O5/c1-13-6-19-12(17)14(13,2)11-7(4-10(16)18-3)8(13)5-9(11)15/h7-8,11H,4-6H2,1-3H3. The number of rotatable bonds is 2. The van der Waals surface area contributed by atoms with E-state index in [2.05, 4.69) is 0 Å². The molecule has 0 spiro atoms. The second-order valence-electron chi connectivity index (χ2n) is 6.39. The van der Waals surface area contributed by atoms with Crippen molar-refractivity contribution in [3.8, 4) is 0 Å². The van der Waals surface area contributed by atoms with Gasteiger partial charge in [0, 0.05) is 24.2 Å². The topological polar surface area (TPSA) is 69.7 Å². The summed E-state index contributed by atoms with van der Waals surface area (Å²) in [6, 6.07) is 0. The van der Waals surface area contributed by atoms with Gasteiger partial charge in [0.15, 0.2) is 0 Å². The Balaban J connectivity index is 2.02. The van der Waals surface area contributed by atoms with Gasteiger partial charge in [-0.1, -0.05) is 6.92 Å². The number of Topliss-reactive ketones (excluding diaryl/α,β-unsaturated/α-hetero) is 1. The molecule has 1 heterocycles. The van der Waals surface area contributed by atoms with Gasteiger partial charge in [-0.05, 0) is 18.8 Å². The predicted molar refractivity (Wildman–Crippen MR) is 63.9 cm³/mol. The number of ether oxygens (including phenoxy) is 2. The van der Waals surface area contributed by atoms with Crippen molar-refractivity contribution < 1.29 is 23.9 Å². The smallest absolute Gasteiger partial charge is 0.313 e. The molecule has 3 fully saturated rings. The maximum atomic E-state index is 12.2. The lowest BCUT2D eigenvalue weighted by Gasteiger charge is -2.39. The first kappa shape index (κ1) is 12.6. The maximum absolute atomic E-state index is 12.2. The Kier molecular flexibility index (Phi) is 2.38. The van der Waals surface area contributed by atoms with Crippen LogP contribution in [0, 0.1) is 28.6 Å². The number of hydrogen-bond acceptors (Lipinski definition) is 5. The average Bonchev–Trinajstić information content (AvgIpc) is 2.87. The molecule has 0 amide bonds. The quantitative estimate of drug-likeness (QED) is 0.696. The molecule has 2 aliphatic carbocycles. The molecule has 1 saturated heterocycles. The van der Waals surface area contributed by atoms with Crippen molar-refractivity contribution in [2.45, 2.75) is 26.7 Å². The van der Waals surface area contributed by atoms with E-state index in [4.69, 9.17) is 9.47 Å². The summed E-state index contributed by atoms with van der Waals surface area (Å²) in [4.78, 5) is 35.9. The molecule has 5 nitrogen and oxygen atoms in total. The summed E-state index contributed by atoms with van der Waals surface area (Å²) in [5, 5.41) is 0. The second-order valence-corrected chi connectivity index (χ2v) is 6.39. The van der Waals surface area contributed by atoms with Gasteiger partial charge in [0.2, 0.25) is 0 Å². The minimum Gasteiger partial charge on any atom is -0.469 e. The molecule has 5 heteroatoms. The first-order valence-electron chi connectivity index (χ1n) is 6.63. The van der Waals surface area contributed by atoms with E-state index in [1.807, 2.05) is 13.8 Å². The Bertz CT molecular complexity index is 484. The number of esters is 2. The summed E-state index contributed by atoms with van der Waals surface area (Å²) in [6.45, 7) is 4.20. The molecule has 5 atom stereocenters. The number of hydrogen-bond donors (Lipinski definition) is 0. The molecular weight excluding hydrogens is 248 g/mol. The molecule has 2 saturated carbocycles. The van der Waals surface area contributed by atoms with Gasteiger partial charge in [-0.2, -0.15) is 0 Å². The van der Waals surface area contributed by atoms with Crippen molar-refractivity contribution in [2.75, 3.05) is 13.7 Å². The van der Waals surface area contributed by atoms with Gasteiger partial charge in [-0.3, -0.25) is 14.4 Å². The monoisotopic (exact) mass is 266 g/mol. The van der Waals surface area contributed by atoms with Gasteiger partial charge in [0.1, 0.15) is 5.78 Å². The fourth-order valence-corrected chi connectivity index (χ4v) is 4.67. The van der Waals surface area contributed by atoms with Crippen molar-refractivity contribution >= 4 is 17.7 Å². The van der Waals surface area contributed by atoms with Crippen LogP contribution in [0.5, 0.6) is 0 Å². The van der Waals surface area contributed by atoms with E-state index in [0.717, 1.165) is 0 Å². The molecule has 3 aliphatic rings. The number of cyclic esters (lactones) is 1. The Morgan fingerprint density at radius 3 is 2.74 bits per heavy atom. The molecule has 5 unspecified atom stereocenters. The Labute approximate surface area is 111 Å². The minimum absolute atomic E-state index is 0.0422. The van der Waals surface area contributed by atoms with E-state index in [9.17, 15) is 14.4 Å². The highest BCUT2D eigenvalue weighted by molar-refractivity contribution is 5.95. The number of methoxy groups -OCH3 is 1. The van der Waals surface area contributed by atoms with Gasteiger partial charge in [-0.15, -0.1) is 0 Å². The lowest BCUT2D eigenvalue weighted by molar-refractivity contribution is -0.153. The molecule has 19 heavy (non-hydrogen) atoms. The number of carbonyl (C=O) groups is 3. The van der Waals surface area contributed by atoms with Crippen LogP contribution in [0.2, 0.25) is 0 Å². The summed E-state index contributed by atoms with van der Waals surface area (Å²) in [5.74, 6) is -0.932. The van der Waals surface area contributed by atoms with Crippen LogP contribution in [0.4, 0.5) is 0 Å². The summed E-state index contributed by atoms with van der Waals surface area (Å²) in [5.41, 5.74) is -1.10. The maximum Gasteiger partial charge on any atom is 0.313 e.